The molecule has 0 saturated carbocycles. The lowest BCUT2D eigenvalue weighted by molar-refractivity contribution is 0.114. The quantitative estimate of drug-likeness (QED) is 0.644. The molecule has 0 radical (unpaired) electrons. The summed E-state index contributed by atoms with van der Waals surface area (Å²) in [7, 11) is 3.77. The van der Waals surface area contributed by atoms with Crippen LogP contribution in [0.2, 0.25) is 0 Å². The predicted molar refractivity (Wildman–Crippen MR) is 112 cm³/mol. The topological polar surface area (TPSA) is 112 Å². The number of anilines is 2. The third-order valence-electron chi connectivity index (χ3n) is 5.03. The molecular weight excluding hydrogens is 382 g/mol. The molecule has 0 atom stereocenters. The second kappa shape index (κ2) is 8.80. The number of nitrogens with one attached hydrogen (secondary N) is 2. The van der Waals surface area contributed by atoms with E-state index in [2.05, 4.69) is 37.4 Å². The van der Waals surface area contributed by atoms with Crippen molar-refractivity contribution in [3.8, 4) is 28.8 Å². The molecule has 154 valence electrons. The van der Waals surface area contributed by atoms with Gasteiger partial charge in [-0.25, -0.2) is 9.97 Å². The number of nitrogens with zero attached hydrogens (tertiary/aromatic N) is 5. The minimum atomic E-state index is 0.230. The Balaban J connectivity index is 1.47. The molecule has 30 heavy (non-hydrogen) atoms. The maximum Gasteiger partial charge on any atom is 0.158 e. The third-order valence-corrected chi connectivity index (χ3v) is 5.03. The number of aromatic nitrogens is 4. The normalized spacial score (nSPS) is 14.8. The number of likely N-dealkylation sites (tertiary alicyclic amines) is 1. The van der Waals surface area contributed by atoms with Crippen molar-refractivity contribution in [2.45, 2.75) is 18.9 Å². The minimum absolute atomic E-state index is 0.230. The molecule has 1 aliphatic heterocycles. The number of benzene rings is 1. The van der Waals surface area contributed by atoms with Gasteiger partial charge in [-0.05, 0) is 32.0 Å². The average molecular weight is 405 g/mol. The van der Waals surface area contributed by atoms with E-state index in [0.717, 1.165) is 42.9 Å². The molecule has 0 bridgehead atoms. The van der Waals surface area contributed by atoms with E-state index in [4.69, 9.17) is 14.7 Å². The van der Waals surface area contributed by atoms with Crippen LogP contribution < -0.4 is 14.8 Å². The fraction of sp³-hybridized carbons (Fsp3) is 0.333. The summed E-state index contributed by atoms with van der Waals surface area (Å²) in [5.74, 6) is 2.59. The van der Waals surface area contributed by atoms with Gasteiger partial charge in [-0.3, -0.25) is 5.10 Å². The highest BCUT2D eigenvalue weighted by molar-refractivity contribution is 5.71. The minimum Gasteiger partial charge on any atom is -0.496 e. The van der Waals surface area contributed by atoms with Crippen LogP contribution in [0.4, 0.5) is 11.6 Å². The second-order valence-electron chi connectivity index (χ2n) is 7.17. The van der Waals surface area contributed by atoms with Crippen molar-refractivity contribution >= 4 is 11.6 Å². The zero-order valence-corrected chi connectivity index (χ0v) is 16.9. The third kappa shape index (κ3) is 4.50. The molecule has 0 amide bonds. The van der Waals surface area contributed by atoms with Crippen LogP contribution in [0.1, 0.15) is 18.5 Å². The van der Waals surface area contributed by atoms with Crippen molar-refractivity contribution in [2.24, 2.45) is 0 Å². The molecule has 0 unspecified atom stereocenters. The molecule has 9 nitrogen and oxygen atoms in total. The fourth-order valence-corrected chi connectivity index (χ4v) is 3.37. The molecule has 1 aromatic carbocycles. The summed E-state index contributed by atoms with van der Waals surface area (Å²) in [6.07, 6.45) is 5.17. The first kappa shape index (κ1) is 19.7. The van der Waals surface area contributed by atoms with Gasteiger partial charge < -0.3 is 19.7 Å². The Bertz CT molecular complexity index is 1030. The Morgan fingerprint density at radius 1 is 1.17 bits per heavy atom. The van der Waals surface area contributed by atoms with Crippen molar-refractivity contribution in [1.29, 1.82) is 5.26 Å². The molecular formula is C21H23N7O2. The molecule has 2 N–H and O–H groups in total. The first-order valence-corrected chi connectivity index (χ1v) is 9.73. The van der Waals surface area contributed by atoms with Gasteiger partial charge in [0.1, 0.15) is 29.5 Å². The molecule has 1 aliphatic rings. The highest BCUT2D eigenvalue weighted by Gasteiger charge is 2.19. The summed E-state index contributed by atoms with van der Waals surface area (Å²) in [5.41, 5.74) is 1.93. The van der Waals surface area contributed by atoms with Gasteiger partial charge in [-0.15, -0.1) is 0 Å². The SMILES string of the molecule is COc1cc(OC2CCN(C)CC2)ccc1-c1cc(Nc2cnc(C#N)cn2)n[nH]1. The monoisotopic (exact) mass is 405 g/mol. The molecule has 3 heterocycles. The molecule has 2 aromatic heterocycles. The van der Waals surface area contributed by atoms with Crippen molar-refractivity contribution in [2.75, 3.05) is 32.6 Å². The van der Waals surface area contributed by atoms with E-state index in [9.17, 15) is 0 Å². The number of piperidine rings is 1. The molecule has 1 saturated heterocycles. The van der Waals surface area contributed by atoms with E-state index in [-0.39, 0.29) is 11.8 Å². The van der Waals surface area contributed by atoms with Gasteiger partial charge in [0, 0.05) is 30.8 Å². The van der Waals surface area contributed by atoms with Crippen LogP contribution in [0.3, 0.4) is 0 Å². The largest absolute Gasteiger partial charge is 0.496 e. The Kier molecular flexibility index (Phi) is 5.77. The summed E-state index contributed by atoms with van der Waals surface area (Å²) < 4.78 is 11.7. The summed E-state index contributed by atoms with van der Waals surface area (Å²) in [4.78, 5) is 10.4. The van der Waals surface area contributed by atoms with Gasteiger partial charge in [-0.2, -0.15) is 10.4 Å². The number of methoxy groups -OCH3 is 1. The summed E-state index contributed by atoms with van der Waals surface area (Å²) in [6.45, 7) is 2.10. The van der Waals surface area contributed by atoms with Gasteiger partial charge in [0.25, 0.3) is 0 Å². The Morgan fingerprint density at radius 2 is 2.00 bits per heavy atom. The van der Waals surface area contributed by atoms with Crippen molar-refractivity contribution < 1.29 is 9.47 Å². The molecule has 0 aliphatic carbocycles. The Labute approximate surface area is 174 Å². The lowest BCUT2D eigenvalue weighted by atomic mass is 10.1. The number of ether oxygens (including phenoxy) is 2. The lowest BCUT2D eigenvalue weighted by Crippen LogP contribution is -2.35. The second-order valence-corrected chi connectivity index (χ2v) is 7.17. The number of rotatable bonds is 6. The summed E-state index contributed by atoms with van der Waals surface area (Å²) in [5, 5.41) is 19.1. The van der Waals surface area contributed by atoms with Gasteiger partial charge in [-0.1, -0.05) is 0 Å². The van der Waals surface area contributed by atoms with Crippen LogP contribution >= 0.6 is 0 Å². The summed E-state index contributed by atoms with van der Waals surface area (Å²) in [6, 6.07) is 9.62. The van der Waals surface area contributed by atoms with Crippen LogP contribution in [-0.2, 0) is 0 Å². The smallest absolute Gasteiger partial charge is 0.158 e. The molecule has 1 fully saturated rings. The van der Waals surface area contributed by atoms with Crippen molar-refractivity contribution in [3.05, 3.63) is 42.4 Å². The van der Waals surface area contributed by atoms with Crippen LogP contribution in [-0.4, -0.2) is 58.4 Å². The highest BCUT2D eigenvalue weighted by Crippen LogP contribution is 2.34. The lowest BCUT2D eigenvalue weighted by Gasteiger charge is -2.29. The molecule has 3 aromatic rings. The van der Waals surface area contributed by atoms with Gasteiger partial charge in [0.2, 0.25) is 0 Å². The van der Waals surface area contributed by atoms with E-state index in [1.807, 2.05) is 30.3 Å². The number of hydrogen-bond acceptors (Lipinski definition) is 8. The molecule has 4 rings (SSSR count). The standard InChI is InChI=1S/C21H23N7O2/c1-28-7-5-15(6-8-28)30-16-3-4-17(19(9-16)29-2)18-10-20(27-26-18)25-21-13-23-14(11-22)12-24-21/h3-4,9-10,12-13,15H,5-8H2,1-2H3,(H2,24,25,26,27). The Hall–Kier alpha value is -3.64. The van der Waals surface area contributed by atoms with E-state index < -0.39 is 0 Å². The van der Waals surface area contributed by atoms with E-state index in [1.165, 1.54) is 12.4 Å². The number of H-pyrrole nitrogens is 1. The molecule has 0 spiro atoms. The predicted octanol–water partition coefficient (Wildman–Crippen LogP) is 2.96. The van der Waals surface area contributed by atoms with E-state index >= 15 is 0 Å². The van der Waals surface area contributed by atoms with Crippen LogP contribution in [0.15, 0.2) is 36.7 Å². The maximum atomic E-state index is 8.81. The highest BCUT2D eigenvalue weighted by atomic mass is 16.5. The summed E-state index contributed by atoms with van der Waals surface area (Å²) >= 11 is 0. The number of aromatic amines is 1. The van der Waals surface area contributed by atoms with E-state index in [1.54, 1.807) is 7.11 Å². The molecule has 9 heteroatoms. The first-order valence-electron chi connectivity index (χ1n) is 9.73. The zero-order chi connectivity index (χ0) is 20.9. The zero-order valence-electron chi connectivity index (χ0n) is 16.9. The van der Waals surface area contributed by atoms with Crippen LogP contribution in [0, 0.1) is 11.3 Å². The van der Waals surface area contributed by atoms with Crippen molar-refractivity contribution in [3.63, 3.8) is 0 Å². The van der Waals surface area contributed by atoms with Gasteiger partial charge in [0.05, 0.1) is 25.2 Å². The van der Waals surface area contributed by atoms with Gasteiger partial charge >= 0.3 is 0 Å². The average Bonchev–Trinajstić information content (AvgIpc) is 3.24. The van der Waals surface area contributed by atoms with Crippen LogP contribution in [0.25, 0.3) is 11.3 Å². The van der Waals surface area contributed by atoms with E-state index in [0.29, 0.717) is 17.4 Å². The Morgan fingerprint density at radius 3 is 2.70 bits per heavy atom. The van der Waals surface area contributed by atoms with Crippen molar-refractivity contribution in [1.82, 2.24) is 25.1 Å². The maximum absolute atomic E-state index is 8.81. The fourth-order valence-electron chi connectivity index (χ4n) is 3.37. The first-order chi connectivity index (χ1) is 14.6. The van der Waals surface area contributed by atoms with Gasteiger partial charge in [0.15, 0.2) is 11.5 Å². The number of nitriles is 1. The number of hydrogen-bond donors (Lipinski definition) is 2. The van der Waals surface area contributed by atoms with Crippen LogP contribution in [0.5, 0.6) is 11.5 Å².